The Balaban J connectivity index is 1.78. The van der Waals surface area contributed by atoms with Crippen molar-refractivity contribution in [2.75, 3.05) is 6.61 Å². The Labute approximate surface area is 166 Å². The van der Waals surface area contributed by atoms with Gasteiger partial charge in [0.1, 0.15) is 5.65 Å². The van der Waals surface area contributed by atoms with Crippen molar-refractivity contribution in [1.82, 2.24) is 14.7 Å². The minimum Gasteiger partial charge on any atom is -0.493 e. The van der Waals surface area contributed by atoms with Crippen molar-refractivity contribution < 1.29 is 15.0 Å². The van der Waals surface area contributed by atoms with E-state index >= 15 is 0 Å². The third kappa shape index (κ3) is 4.68. The van der Waals surface area contributed by atoms with E-state index in [0.717, 1.165) is 11.1 Å². The van der Waals surface area contributed by atoms with Crippen LogP contribution in [0.15, 0.2) is 47.4 Å². The molecule has 1 amide bonds. The second kappa shape index (κ2) is 8.86. The highest BCUT2D eigenvalue weighted by atomic mass is 35.5. The van der Waals surface area contributed by atoms with E-state index in [2.05, 4.69) is 10.3 Å². The lowest BCUT2D eigenvalue weighted by atomic mass is 10.1. The van der Waals surface area contributed by atoms with Crippen molar-refractivity contribution in [3.8, 4) is 5.88 Å². The van der Waals surface area contributed by atoms with E-state index in [4.69, 9.17) is 16.7 Å². The van der Waals surface area contributed by atoms with Crippen LogP contribution in [0.4, 0.5) is 0 Å². The number of aromatic nitrogens is 2. The number of halogens is 1. The molecule has 3 aromatic rings. The number of carbonyl (C=O) groups excluding carboxylic acids is 1. The van der Waals surface area contributed by atoms with Crippen molar-refractivity contribution in [2.45, 2.75) is 25.8 Å². The standard InChI is InChI=1S/C20H20ClN3O4/c21-15-6-3-13(4-7-15)11-22-18(26)10-16-19(27)23-17-8-5-14(2-1-9-25)12-24(17)20(16)28/h3-8,12,25,27H,1-2,9-11H2,(H,22,26). The van der Waals surface area contributed by atoms with E-state index in [1.54, 1.807) is 42.6 Å². The summed E-state index contributed by atoms with van der Waals surface area (Å²) in [5.74, 6) is -0.852. The molecule has 2 aromatic heterocycles. The zero-order valence-electron chi connectivity index (χ0n) is 15.1. The predicted octanol–water partition coefficient (Wildman–Crippen LogP) is 1.84. The molecule has 28 heavy (non-hydrogen) atoms. The zero-order valence-corrected chi connectivity index (χ0v) is 15.8. The van der Waals surface area contributed by atoms with Crippen LogP contribution >= 0.6 is 11.6 Å². The third-order valence-corrected chi connectivity index (χ3v) is 4.57. The van der Waals surface area contributed by atoms with Gasteiger partial charge in [0.05, 0.1) is 12.0 Å². The molecular weight excluding hydrogens is 382 g/mol. The first-order valence-corrected chi connectivity index (χ1v) is 9.21. The Hall–Kier alpha value is -2.90. The molecule has 0 saturated heterocycles. The highest BCUT2D eigenvalue weighted by Crippen LogP contribution is 2.14. The van der Waals surface area contributed by atoms with Crippen molar-refractivity contribution in [1.29, 1.82) is 0 Å². The van der Waals surface area contributed by atoms with Crippen molar-refractivity contribution >= 4 is 23.2 Å². The van der Waals surface area contributed by atoms with Gasteiger partial charge in [0, 0.05) is 24.4 Å². The first-order valence-electron chi connectivity index (χ1n) is 8.83. The van der Waals surface area contributed by atoms with Crippen LogP contribution in [-0.2, 0) is 24.2 Å². The maximum Gasteiger partial charge on any atom is 0.265 e. The molecule has 0 aliphatic heterocycles. The average Bonchev–Trinajstić information content (AvgIpc) is 2.69. The number of rotatable bonds is 7. The Kier molecular flexibility index (Phi) is 6.28. The Morgan fingerprint density at radius 3 is 2.57 bits per heavy atom. The summed E-state index contributed by atoms with van der Waals surface area (Å²) in [7, 11) is 0. The van der Waals surface area contributed by atoms with E-state index in [0.29, 0.717) is 23.5 Å². The molecule has 0 unspecified atom stereocenters. The SMILES string of the molecule is O=C(Cc1c(O)nc2ccc(CCCO)cn2c1=O)NCc1ccc(Cl)cc1. The van der Waals surface area contributed by atoms with Crippen LogP contribution in [-0.4, -0.2) is 32.1 Å². The highest BCUT2D eigenvalue weighted by Gasteiger charge is 2.16. The Bertz CT molecular complexity index is 1050. The number of fused-ring (bicyclic) bond motifs is 1. The highest BCUT2D eigenvalue weighted by molar-refractivity contribution is 6.30. The largest absolute Gasteiger partial charge is 0.493 e. The van der Waals surface area contributed by atoms with E-state index in [-0.39, 0.29) is 25.1 Å². The first-order chi connectivity index (χ1) is 13.5. The van der Waals surface area contributed by atoms with Crippen LogP contribution in [0.2, 0.25) is 5.02 Å². The number of aryl methyl sites for hydroxylation is 1. The fourth-order valence-electron chi connectivity index (χ4n) is 2.82. The van der Waals surface area contributed by atoms with Gasteiger partial charge in [-0.15, -0.1) is 0 Å². The van der Waals surface area contributed by atoms with Gasteiger partial charge in [0.15, 0.2) is 0 Å². The van der Waals surface area contributed by atoms with Crippen LogP contribution in [0.3, 0.4) is 0 Å². The quantitative estimate of drug-likeness (QED) is 0.560. The first kappa shape index (κ1) is 19.9. The summed E-state index contributed by atoms with van der Waals surface area (Å²) in [5, 5.41) is 22.4. The molecule has 0 aliphatic carbocycles. The van der Waals surface area contributed by atoms with Crippen LogP contribution in [0.1, 0.15) is 23.1 Å². The third-order valence-electron chi connectivity index (χ3n) is 4.32. The lowest BCUT2D eigenvalue weighted by Gasteiger charge is -2.09. The molecule has 0 radical (unpaired) electrons. The molecule has 0 spiro atoms. The lowest BCUT2D eigenvalue weighted by molar-refractivity contribution is -0.120. The summed E-state index contributed by atoms with van der Waals surface area (Å²) in [6.07, 6.45) is 2.52. The monoisotopic (exact) mass is 401 g/mol. The van der Waals surface area contributed by atoms with Crippen molar-refractivity contribution in [3.05, 3.63) is 74.7 Å². The summed E-state index contributed by atoms with van der Waals surface area (Å²) in [4.78, 5) is 29.0. The number of aromatic hydroxyl groups is 1. The Morgan fingerprint density at radius 1 is 1.14 bits per heavy atom. The molecule has 0 atom stereocenters. The lowest BCUT2D eigenvalue weighted by Crippen LogP contribution is -2.29. The Morgan fingerprint density at radius 2 is 1.86 bits per heavy atom. The van der Waals surface area contributed by atoms with E-state index in [1.807, 2.05) is 0 Å². The number of nitrogens with one attached hydrogen (secondary N) is 1. The van der Waals surface area contributed by atoms with Gasteiger partial charge in [0.2, 0.25) is 11.8 Å². The maximum absolute atomic E-state index is 12.7. The average molecular weight is 402 g/mol. The normalized spacial score (nSPS) is 10.9. The van der Waals surface area contributed by atoms with Gasteiger partial charge in [-0.25, -0.2) is 0 Å². The minimum absolute atomic E-state index is 0.0554. The molecule has 3 rings (SSSR count). The van der Waals surface area contributed by atoms with E-state index in [1.165, 1.54) is 4.40 Å². The number of amides is 1. The molecule has 0 fully saturated rings. The molecule has 0 saturated carbocycles. The number of aliphatic hydroxyl groups is 1. The molecule has 0 aliphatic rings. The maximum atomic E-state index is 12.7. The van der Waals surface area contributed by atoms with Crippen molar-refractivity contribution in [3.63, 3.8) is 0 Å². The summed E-state index contributed by atoms with van der Waals surface area (Å²) in [6, 6.07) is 10.4. The van der Waals surface area contributed by atoms with Gasteiger partial charge in [-0.05, 0) is 42.2 Å². The number of hydrogen-bond acceptors (Lipinski definition) is 5. The predicted molar refractivity (Wildman–Crippen MR) is 106 cm³/mol. The summed E-state index contributed by atoms with van der Waals surface area (Å²) in [5.41, 5.74) is 1.46. The van der Waals surface area contributed by atoms with Crippen LogP contribution < -0.4 is 10.9 Å². The topological polar surface area (TPSA) is 104 Å². The fourth-order valence-corrected chi connectivity index (χ4v) is 2.95. The molecule has 2 heterocycles. The second-order valence-corrected chi connectivity index (χ2v) is 6.83. The molecule has 146 valence electrons. The van der Waals surface area contributed by atoms with Crippen molar-refractivity contribution in [2.24, 2.45) is 0 Å². The second-order valence-electron chi connectivity index (χ2n) is 6.39. The summed E-state index contributed by atoms with van der Waals surface area (Å²) in [6.45, 7) is 0.338. The van der Waals surface area contributed by atoms with Gasteiger partial charge < -0.3 is 15.5 Å². The minimum atomic E-state index is -0.491. The van der Waals surface area contributed by atoms with Gasteiger partial charge in [-0.1, -0.05) is 29.8 Å². The molecule has 0 bridgehead atoms. The number of pyridine rings is 1. The van der Waals surface area contributed by atoms with Gasteiger partial charge in [-0.2, -0.15) is 4.98 Å². The van der Waals surface area contributed by atoms with Gasteiger partial charge >= 0.3 is 0 Å². The smallest absolute Gasteiger partial charge is 0.265 e. The summed E-state index contributed by atoms with van der Waals surface area (Å²) >= 11 is 5.83. The molecular formula is C20H20ClN3O4. The fraction of sp³-hybridized carbons (Fsp3) is 0.250. The molecule has 3 N–H and O–H groups in total. The molecule has 8 heteroatoms. The number of aliphatic hydroxyl groups excluding tert-OH is 1. The molecule has 7 nitrogen and oxygen atoms in total. The number of benzene rings is 1. The summed E-state index contributed by atoms with van der Waals surface area (Å²) < 4.78 is 1.31. The van der Waals surface area contributed by atoms with E-state index in [9.17, 15) is 14.7 Å². The number of carbonyl (C=O) groups is 1. The van der Waals surface area contributed by atoms with Gasteiger partial charge in [0.25, 0.3) is 5.56 Å². The number of nitrogens with zero attached hydrogens (tertiary/aromatic N) is 2. The molecule has 1 aromatic carbocycles. The van der Waals surface area contributed by atoms with E-state index < -0.39 is 17.3 Å². The van der Waals surface area contributed by atoms with Crippen LogP contribution in [0.5, 0.6) is 5.88 Å². The number of hydrogen-bond donors (Lipinski definition) is 3. The zero-order chi connectivity index (χ0) is 20.1. The van der Waals surface area contributed by atoms with Crippen LogP contribution in [0, 0.1) is 0 Å². The van der Waals surface area contributed by atoms with Crippen LogP contribution in [0.25, 0.3) is 5.65 Å². The van der Waals surface area contributed by atoms with Gasteiger partial charge in [-0.3, -0.25) is 14.0 Å².